The molecule has 0 spiro atoms. The number of hydrogen-bond acceptors (Lipinski definition) is 5. The van der Waals surface area contributed by atoms with E-state index in [1.54, 1.807) is 0 Å². The lowest BCUT2D eigenvalue weighted by atomic mass is 10.1. The van der Waals surface area contributed by atoms with Crippen molar-refractivity contribution in [2.45, 2.75) is 0 Å². The first-order chi connectivity index (χ1) is 10.5. The fraction of sp³-hybridized carbons (Fsp3) is 0.286. The van der Waals surface area contributed by atoms with Gasteiger partial charge in [0.1, 0.15) is 17.5 Å². The molecule has 3 rings (SSSR count). The third-order valence-electron chi connectivity index (χ3n) is 3.50. The monoisotopic (exact) mass is 307 g/mol. The number of halogens is 2. The van der Waals surface area contributed by atoms with Crippen LogP contribution in [-0.2, 0) is 0 Å². The van der Waals surface area contributed by atoms with E-state index in [2.05, 4.69) is 15.3 Å². The van der Waals surface area contributed by atoms with Gasteiger partial charge in [0, 0.05) is 32.2 Å². The van der Waals surface area contributed by atoms with Crippen LogP contribution in [0, 0.1) is 11.6 Å². The van der Waals surface area contributed by atoms with Crippen LogP contribution >= 0.6 is 0 Å². The predicted molar refractivity (Wildman–Crippen MR) is 79.7 cm³/mol. The summed E-state index contributed by atoms with van der Waals surface area (Å²) in [4.78, 5) is 21.0. The Morgan fingerprint density at radius 1 is 1.14 bits per heavy atom. The number of piperazine rings is 1. The van der Waals surface area contributed by atoms with Gasteiger partial charge in [-0.2, -0.15) is 4.98 Å². The highest BCUT2D eigenvalue weighted by Crippen LogP contribution is 2.23. The van der Waals surface area contributed by atoms with Gasteiger partial charge >= 0.3 is 0 Å². The average molecular weight is 307 g/mol. The van der Waals surface area contributed by atoms with Crippen LogP contribution in [0.1, 0.15) is 0 Å². The molecule has 0 saturated carbocycles. The quantitative estimate of drug-likeness (QED) is 0.760. The molecule has 1 saturated heterocycles. The smallest absolute Gasteiger partial charge is 0.262 e. The van der Waals surface area contributed by atoms with Crippen LogP contribution in [0.5, 0.6) is 0 Å². The third kappa shape index (κ3) is 2.77. The highest BCUT2D eigenvalue weighted by Gasteiger charge is 2.17. The number of hydrogen-bond donors (Lipinski definition) is 3. The molecule has 22 heavy (non-hydrogen) atoms. The van der Waals surface area contributed by atoms with Gasteiger partial charge in [-0.3, -0.25) is 9.78 Å². The number of nitrogens with one attached hydrogen (secondary N) is 2. The van der Waals surface area contributed by atoms with Crippen LogP contribution < -0.4 is 21.5 Å². The molecule has 0 atom stereocenters. The van der Waals surface area contributed by atoms with Crippen LogP contribution in [0.2, 0.25) is 0 Å². The van der Waals surface area contributed by atoms with Gasteiger partial charge in [0.05, 0.1) is 5.56 Å². The molecule has 116 valence electrons. The molecule has 0 amide bonds. The highest BCUT2D eigenvalue weighted by atomic mass is 19.1. The second kappa shape index (κ2) is 5.72. The topological polar surface area (TPSA) is 87.0 Å². The summed E-state index contributed by atoms with van der Waals surface area (Å²) in [5.41, 5.74) is 5.36. The number of nitrogens with two attached hydrogens (primary N) is 1. The molecule has 1 aliphatic heterocycles. The van der Waals surface area contributed by atoms with Crippen molar-refractivity contribution in [3.05, 3.63) is 40.2 Å². The van der Waals surface area contributed by atoms with Crippen molar-refractivity contribution >= 4 is 11.8 Å². The fourth-order valence-corrected chi connectivity index (χ4v) is 2.48. The Bertz CT molecular complexity index is 735. The summed E-state index contributed by atoms with van der Waals surface area (Å²) in [5.74, 6) is -1.24. The third-order valence-corrected chi connectivity index (χ3v) is 3.50. The number of H-pyrrole nitrogens is 1. The van der Waals surface area contributed by atoms with E-state index in [9.17, 15) is 13.6 Å². The SMILES string of the molecule is Nc1nc(N2CCNCC2)[nH]c(=O)c1-c1cc(F)cc(F)c1. The van der Waals surface area contributed by atoms with E-state index in [4.69, 9.17) is 5.73 Å². The molecular weight excluding hydrogens is 292 g/mol. The second-order valence-corrected chi connectivity index (χ2v) is 5.04. The molecular formula is C14H15F2N5O. The summed E-state index contributed by atoms with van der Waals surface area (Å²) < 4.78 is 26.6. The summed E-state index contributed by atoms with van der Waals surface area (Å²) >= 11 is 0. The van der Waals surface area contributed by atoms with Crippen molar-refractivity contribution in [3.63, 3.8) is 0 Å². The maximum absolute atomic E-state index is 13.3. The van der Waals surface area contributed by atoms with E-state index in [0.29, 0.717) is 19.0 Å². The molecule has 0 aliphatic carbocycles. The van der Waals surface area contributed by atoms with Gasteiger partial charge in [0.25, 0.3) is 5.56 Å². The predicted octanol–water partition coefficient (Wildman–Crippen LogP) is 0.707. The number of benzene rings is 1. The summed E-state index contributed by atoms with van der Waals surface area (Å²) in [6.45, 7) is 2.94. The van der Waals surface area contributed by atoms with E-state index in [0.717, 1.165) is 31.3 Å². The van der Waals surface area contributed by atoms with Crippen LogP contribution in [0.15, 0.2) is 23.0 Å². The molecule has 1 aliphatic rings. The minimum atomic E-state index is -0.778. The fourth-order valence-electron chi connectivity index (χ4n) is 2.48. The lowest BCUT2D eigenvalue weighted by Crippen LogP contribution is -2.44. The molecule has 1 aromatic carbocycles. The Kier molecular flexibility index (Phi) is 3.76. The van der Waals surface area contributed by atoms with Crippen LogP contribution in [0.3, 0.4) is 0 Å². The molecule has 4 N–H and O–H groups in total. The molecule has 2 heterocycles. The average Bonchev–Trinajstić information content (AvgIpc) is 2.46. The van der Waals surface area contributed by atoms with Crippen molar-refractivity contribution in [2.75, 3.05) is 36.8 Å². The summed E-state index contributed by atoms with van der Waals surface area (Å²) in [7, 11) is 0. The maximum Gasteiger partial charge on any atom is 0.262 e. The van der Waals surface area contributed by atoms with E-state index < -0.39 is 17.2 Å². The molecule has 0 radical (unpaired) electrons. The molecule has 1 fully saturated rings. The Morgan fingerprint density at radius 3 is 2.36 bits per heavy atom. The van der Waals surface area contributed by atoms with Gasteiger partial charge < -0.3 is 16.0 Å². The Morgan fingerprint density at radius 2 is 1.77 bits per heavy atom. The molecule has 6 nitrogen and oxygen atoms in total. The van der Waals surface area contributed by atoms with Gasteiger partial charge in [-0.1, -0.05) is 0 Å². The molecule has 1 aromatic heterocycles. The van der Waals surface area contributed by atoms with E-state index in [1.165, 1.54) is 0 Å². The zero-order valence-electron chi connectivity index (χ0n) is 11.7. The van der Waals surface area contributed by atoms with Crippen molar-refractivity contribution in [3.8, 4) is 11.1 Å². The number of nitrogen functional groups attached to an aromatic ring is 1. The van der Waals surface area contributed by atoms with Gasteiger partial charge in [0.2, 0.25) is 5.95 Å². The van der Waals surface area contributed by atoms with Crippen molar-refractivity contribution in [1.29, 1.82) is 0 Å². The summed E-state index contributed by atoms with van der Waals surface area (Å²) in [6, 6.07) is 2.84. The number of rotatable bonds is 2. The van der Waals surface area contributed by atoms with Gasteiger partial charge in [-0.05, 0) is 17.7 Å². The van der Waals surface area contributed by atoms with Gasteiger partial charge in [0.15, 0.2) is 0 Å². The van der Waals surface area contributed by atoms with Crippen molar-refractivity contribution in [1.82, 2.24) is 15.3 Å². The first-order valence-electron chi connectivity index (χ1n) is 6.86. The molecule has 0 bridgehead atoms. The van der Waals surface area contributed by atoms with Gasteiger partial charge in [-0.25, -0.2) is 8.78 Å². The zero-order chi connectivity index (χ0) is 15.7. The molecule has 0 unspecified atom stereocenters. The van der Waals surface area contributed by atoms with Crippen LogP contribution in [-0.4, -0.2) is 36.1 Å². The highest BCUT2D eigenvalue weighted by molar-refractivity contribution is 5.73. The maximum atomic E-state index is 13.3. The van der Waals surface area contributed by atoms with E-state index in [-0.39, 0.29) is 16.9 Å². The Labute approximate surface area is 125 Å². The first-order valence-corrected chi connectivity index (χ1v) is 6.86. The minimum Gasteiger partial charge on any atom is -0.383 e. The van der Waals surface area contributed by atoms with Crippen molar-refractivity contribution in [2.24, 2.45) is 0 Å². The Hall–Kier alpha value is -2.48. The summed E-state index contributed by atoms with van der Waals surface area (Å²) in [6.07, 6.45) is 0. The van der Waals surface area contributed by atoms with Crippen molar-refractivity contribution < 1.29 is 8.78 Å². The second-order valence-electron chi connectivity index (χ2n) is 5.04. The summed E-state index contributed by atoms with van der Waals surface area (Å²) in [5, 5.41) is 3.19. The number of aromatic nitrogens is 2. The largest absolute Gasteiger partial charge is 0.383 e. The van der Waals surface area contributed by atoms with Crippen LogP contribution in [0.25, 0.3) is 11.1 Å². The number of nitrogens with zero attached hydrogens (tertiary/aromatic N) is 2. The van der Waals surface area contributed by atoms with Crippen LogP contribution in [0.4, 0.5) is 20.5 Å². The lowest BCUT2D eigenvalue weighted by Gasteiger charge is -2.28. The lowest BCUT2D eigenvalue weighted by molar-refractivity contribution is 0.579. The first kappa shape index (κ1) is 14.5. The zero-order valence-corrected chi connectivity index (χ0v) is 11.7. The van der Waals surface area contributed by atoms with E-state index in [1.807, 2.05) is 4.90 Å². The van der Waals surface area contributed by atoms with E-state index >= 15 is 0 Å². The van der Waals surface area contributed by atoms with Gasteiger partial charge in [-0.15, -0.1) is 0 Å². The standard InChI is InChI=1S/C14H15F2N5O/c15-9-5-8(6-10(16)7-9)11-12(17)19-14(20-13(11)22)21-3-1-18-2-4-21/h5-7,18H,1-4H2,(H3,17,19,20,22). The Balaban J connectivity index is 2.04. The normalized spacial score (nSPS) is 15.1. The number of anilines is 2. The minimum absolute atomic E-state index is 0.0303. The molecule has 8 heteroatoms. The number of aromatic amines is 1. The molecule has 2 aromatic rings.